The summed E-state index contributed by atoms with van der Waals surface area (Å²) >= 11 is 0. The summed E-state index contributed by atoms with van der Waals surface area (Å²) in [7, 11) is 0. The molecule has 0 atom stereocenters. The largest absolute Gasteiger partial charge is 0.353 e. The molecular formula is C27H51N2O2. The van der Waals surface area contributed by atoms with Crippen LogP contribution in [0.4, 0.5) is 0 Å². The van der Waals surface area contributed by atoms with E-state index < -0.39 is 11.1 Å². The van der Waals surface area contributed by atoms with Gasteiger partial charge in [-0.25, -0.2) is 0 Å². The molecule has 0 aromatic heterocycles. The number of rotatable bonds is 16. The van der Waals surface area contributed by atoms with E-state index in [0.717, 1.165) is 25.7 Å². The van der Waals surface area contributed by atoms with Crippen molar-refractivity contribution in [1.82, 2.24) is 10.4 Å². The van der Waals surface area contributed by atoms with Crippen LogP contribution in [-0.2, 0) is 10.0 Å². The number of hydrogen-bond acceptors (Lipinski definition) is 2. The summed E-state index contributed by atoms with van der Waals surface area (Å²) in [5.74, 6) is 0.147. The summed E-state index contributed by atoms with van der Waals surface area (Å²) in [4.78, 5) is 12.3. The summed E-state index contributed by atoms with van der Waals surface area (Å²) in [6.45, 7) is 10.2. The molecule has 0 aromatic rings. The van der Waals surface area contributed by atoms with E-state index in [9.17, 15) is 10.0 Å². The van der Waals surface area contributed by atoms with Crippen LogP contribution in [-0.4, -0.2) is 28.1 Å². The number of allylic oxidation sites excluding steroid dienone is 2. The maximum atomic E-state index is 12.4. The first-order chi connectivity index (χ1) is 14.7. The Morgan fingerprint density at radius 1 is 0.806 bits per heavy atom. The van der Waals surface area contributed by atoms with Gasteiger partial charge in [0.05, 0.1) is 0 Å². The molecule has 1 aliphatic heterocycles. The topological polar surface area (TPSA) is 52.2 Å². The van der Waals surface area contributed by atoms with Gasteiger partial charge in [-0.2, -0.15) is 0 Å². The van der Waals surface area contributed by atoms with E-state index in [2.05, 4.69) is 24.4 Å². The predicted octanol–water partition coefficient (Wildman–Crippen LogP) is 7.51. The molecule has 0 aromatic carbocycles. The number of unbranched alkanes of at least 4 members (excludes halogenated alkanes) is 11. The van der Waals surface area contributed by atoms with Gasteiger partial charge in [0.2, 0.25) is 5.91 Å². The first-order valence-corrected chi connectivity index (χ1v) is 13.1. The highest BCUT2D eigenvalue weighted by Crippen LogP contribution is 2.37. The number of nitrogens with one attached hydrogen (secondary N) is 1. The number of hydroxylamine groups is 2. The molecule has 0 bridgehead atoms. The Hall–Kier alpha value is -0.870. The van der Waals surface area contributed by atoms with E-state index in [1.165, 1.54) is 75.7 Å². The van der Waals surface area contributed by atoms with Crippen molar-refractivity contribution in [2.24, 2.45) is 0 Å². The fourth-order valence-corrected chi connectivity index (χ4v) is 5.02. The lowest BCUT2D eigenvalue weighted by Crippen LogP contribution is -2.62. The van der Waals surface area contributed by atoms with Gasteiger partial charge in [0.25, 0.3) is 0 Å². The van der Waals surface area contributed by atoms with Crippen molar-refractivity contribution in [2.45, 2.75) is 154 Å². The van der Waals surface area contributed by atoms with Gasteiger partial charge in [-0.1, -0.05) is 70.4 Å². The van der Waals surface area contributed by atoms with Crippen molar-refractivity contribution in [3.63, 3.8) is 0 Å². The quantitative estimate of drug-likeness (QED) is 0.201. The normalized spacial score (nSPS) is 19.2. The zero-order valence-electron chi connectivity index (χ0n) is 21.3. The van der Waals surface area contributed by atoms with Gasteiger partial charge < -0.3 is 5.32 Å². The van der Waals surface area contributed by atoms with Gasteiger partial charge in [-0.05, 0) is 72.6 Å². The molecule has 0 saturated carbocycles. The summed E-state index contributed by atoms with van der Waals surface area (Å²) in [6.07, 6.45) is 23.3. The Labute approximate surface area is 193 Å². The molecule has 31 heavy (non-hydrogen) atoms. The average molecular weight is 436 g/mol. The minimum absolute atomic E-state index is 0.103. The summed E-state index contributed by atoms with van der Waals surface area (Å²) in [6, 6.07) is 0.103. The second-order valence-electron chi connectivity index (χ2n) is 10.9. The third-order valence-electron chi connectivity index (χ3n) is 6.62. The van der Waals surface area contributed by atoms with E-state index in [-0.39, 0.29) is 11.9 Å². The number of amides is 1. The van der Waals surface area contributed by atoms with Gasteiger partial charge in [0, 0.05) is 23.5 Å². The van der Waals surface area contributed by atoms with Crippen LogP contribution in [0.1, 0.15) is 137 Å². The molecule has 1 rings (SSSR count). The Morgan fingerprint density at radius 2 is 1.26 bits per heavy atom. The zero-order valence-corrected chi connectivity index (χ0v) is 21.3. The van der Waals surface area contributed by atoms with Crippen LogP contribution in [0.5, 0.6) is 0 Å². The molecule has 1 saturated heterocycles. The Bertz CT molecular complexity index is 495. The standard InChI is InChI=1S/C27H51N2O2/c1-6-7-8-9-10-11-12-13-14-15-16-17-18-19-20-21-25(30)28-24-22-26(2,3)29(31)27(4,5)23-24/h13-14,24H,6-12,15-23H2,1-5H3,(H,28,30)/b14-13-. The van der Waals surface area contributed by atoms with Crippen molar-refractivity contribution in [2.75, 3.05) is 0 Å². The molecule has 1 N–H and O–H groups in total. The number of carbonyl (C=O) groups is 1. The molecule has 181 valence electrons. The molecule has 1 amide bonds. The molecule has 0 unspecified atom stereocenters. The molecule has 0 spiro atoms. The van der Waals surface area contributed by atoms with E-state index >= 15 is 0 Å². The highest BCUT2D eigenvalue weighted by molar-refractivity contribution is 5.76. The first kappa shape index (κ1) is 28.2. The summed E-state index contributed by atoms with van der Waals surface area (Å²) < 4.78 is 0. The third kappa shape index (κ3) is 12.1. The highest BCUT2D eigenvalue weighted by atomic mass is 16.5. The lowest BCUT2D eigenvalue weighted by Gasteiger charge is -2.50. The molecule has 1 aliphatic rings. The summed E-state index contributed by atoms with van der Waals surface area (Å²) in [5.41, 5.74) is -0.856. The Morgan fingerprint density at radius 3 is 1.77 bits per heavy atom. The van der Waals surface area contributed by atoms with E-state index in [4.69, 9.17) is 0 Å². The highest BCUT2D eigenvalue weighted by Gasteiger charge is 2.46. The van der Waals surface area contributed by atoms with Crippen LogP contribution in [0.2, 0.25) is 0 Å². The SMILES string of the molecule is CCCCCCCC/C=C\CCCCCCCC(=O)NC1CC(C)(C)N([O])C(C)(C)C1. The molecule has 0 aliphatic carbocycles. The van der Waals surface area contributed by atoms with Crippen LogP contribution in [0, 0.1) is 0 Å². The fraction of sp³-hybridized carbons (Fsp3) is 0.889. The van der Waals surface area contributed by atoms with Crippen LogP contribution >= 0.6 is 0 Å². The van der Waals surface area contributed by atoms with Gasteiger partial charge in [-0.15, -0.1) is 10.3 Å². The lowest BCUT2D eigenvalue weighted by atomic mass is 9.79. The van der Waals surface area contributed by atoms with Crippen molar-refractivity contribution in [3.8, 4) is 0 Å². The van der Waals surface area contributed by atoms with Gasteiger partial charge in [0.15, 0.2) is 0 Å². The van der Waals surface area contributed by atoms with Gasteiger partial charge in [-0.3, -0.25) is 4.79 Å². The maximum absolute atomic E-state index is 12.4. The molecule has 1 radical (unpaired) electrons. The van der Waals surface area contributed by atoms with E-state index in [1.54, 1.807) is 0 Å². The third-order valence-corrected chi connectivity index (χ3v) is 6.62. The smallest absolute Gasteiger partial charge is 0.220 e. The van der Waals surface area contributed by atoms with E-state index in [0.29, 0.717) is 6.42 Å². The van der Waals surface area contributed by atoms with Crippen LogP contribution < -0.4 is 5.32 Å². The number of piperidine rings is 1. The van der Waals surface area contributed by atoms with Crippen molar-refractivity contribution in [1.29, 1.82) is 0 Å². The zero-order chi connectivity index (χ0) is 23.2. The van der Waals surface area contributed by atoms with E-state index in [1.807, 2.05) is 27.7 Å². The average Bonchev–Trinajstić information content (AvgIpc) is 2.68. The van der Waals surface area contributed by atoms with Gasteiger partial charge in [0.1, 0.15) is 0 Å². The molecule has 4 nitrogen and oxygen atoms in total. The lowest BCUT2D eigenvalue weighted by molar-refractivity contribution is -0.290. The number of nitrogens with zero attached hydrogens (tertiary/aromatic N) is 1. The monoisotopic (exact) mass is 435 g/mol. The first-order valence-electron chi connectivity index (χ1n) is 13.1. The maximum Gasteiger partial charge on any atom is 0.220 e. The van der Waals surface area contributed by atoms with Gasteiger partial charge >= 0.3 is 0 Å². The Kier molecular flexibility index (Phi) is 13.7. The second kappa shape index (κ2) is 15.1. The van der Waals surface area contributed by atoms with Crippen molar-refractivity contribution in [3.05, 3.63) is 12.2 Å². The molecule has 1 fully saturated rings. The van der Waals surface area contributed by atoms with Crippen molar-refractivity contribution < 1.29 is 10.0 Å². The summed E-state index contributed by atoms with van der Waals surface area (Å²) in [5, 5.41) is 16.8. The molecule has 4 heteroatoms. The fourth-order valence-electron chi connectivity index (χ4n) is 5.02. The minimum atomic E-state index is -0.428. The van der Waals surface area contributed by atoms with Crippen LogP contribution in [0.15, 0.2) is 12.2 Å². The molecule has 1 heterocycles. The van der Waals surface area contributed by atoms with Crippen LogP contribution in [0.3, 0.4) is 0 Å². The number of hydrogen-bond donors (Lipinski definition) is 1. The Balaban J connectivity index is 2.00. The van der Waals surface area contributed by atoms with Crippen LogP contribution in [0.25, 0.3) is 0 Å². The predicted molar refractivity (Wildman–Crippen MR) is 131 cm³/mol. The number of carbonyl (C=O) groups excluding carboxylic acids is 1. The second-order valence-corrected chi connectivity index (χ2v) is 10.9. The van der Waals surface area contributed by atoms with Crippen molar-refractivity contribution >= 4 is 5.91 Å². The molecular weight excluding hydrogens is 384 g/mol. The minimum Gasteiger partial charge on any atom is -0.353 e.